The van der Waals surface area contributed by atoms with Gasteiger partial charge in [-0.25, -0.2) is 0 Å². The summed E-state index contributed by atoms with van der Waals surface area (Å²) in [5.41, 5.74) is 2.21. The maximum Gasteiger partial charge on any atom is 0.301 e. The molecule has 0 fully saturated rings. The lowest BCUT2D eigenvalue weighted by Gasteiger charge is -2.13. The van der Waals surface area contributed by atoms with Crippen LogP contribution < -0.4 is 26.3 Å². The van der Waals surface area contributed by atoms with Crippen molar-refractivity contribution in [1.82, 2.24) is 0 Å². The fraction of sp³-hybridized carbons (Fsp3) is 0.235. The largest absolute Gasteiger partial charge is 1.00 e. The third kappa shape index (κ3) is 4.20. The van der Waals surface area contributed by atoms with Crippen LogP contribution in [0.5, 0.6) is 5.75 Å². The summed E-state index contributed by atoms with van der Waals surface area (Å²) in [4.78, 5) is 0. The van der Waals surface area contributed by atoms with Gasteiger partial charge in [0.1, 0.15) is 5.75 Å². The molecule has 0 bridgehead atoms. The summed E-state index contributed by atoms with van der Waals surface area (Å²) in [6, 6.07) is 14.1. The summed E-state index contributed by atoms with van der Waals surface area (Å²) < 4.78 is 8.09. The standard InChI is InChI=1S/C17H20NO.BrH/c1-4-17(18-12-6-5-7-13-18)19-16-10-8-15(9-11-16)14(2)3;/h5-13,17H,2,4H2,1,3H3;1H/q+1;/p-1. The maximum absolute atomic E-state index is 6.02. The molecule has 20 heavy (non-hydrogen) atoms. The monoisotopic (exact) mass is 333 g/mol. The van der Waals surface area contributed by atoms with Crippen LogP contribution in [0.25, 0.3) is 5.57 Å². The van der Waals surface area contributed by atoms with E-state index in [2.05, 4.69) is 18.1 Å². The number of hydrogen-bond donors (Lipinski definition) is 0. The molecule has 1 unspecified atom stereocenters. The van der Waals surface area contributed by atoms with E-state index in [4.69, 9.17) is 4.74 Å². The molecule has 1 heterocycles. The molecule has 1 aromatic heterocycles. The van der Waals surface area contributed by atoms with Crippen LogP contribution in [0, 0.1) is 0 Å². The highest BCUT2D eigenvalue weighted by atomic mass is 79.9. The number of allylic oxidation sites excluding steroid dienone is 1. The lowest BCUT2D eigenvalue weighted by atomic mass is 10.1. The highest BCUT2D eigenvalue weighted by Crippen LogP contribution is 2.20. The lowest BCUT2D eigenvalue weighted by molar-refractivity contribution is -0.754. The van der Waals surface area contributed by atoms with Gasteiger partial charge >= 0.3 is 6.23 Å². The van der Waals surface area contributed by atoms with Gasteiger partial charge in [-0.3, -0.25) is 0 Å². The molecule has 0 aliphatic carbocycles. The summed E-state index contributed by atoms with van der Waals surface area (Å²) in [6.07, 6.45) is 4.99. The molecule has 0 saturated heterocycles. The van der Waals surface area contributed by atoms with E-state index in [1.807, 2.05) is 61.8 Å². The molecule has 1 atom stereocenters. The van der Waals surface area contributed by atoms with Crippen molar-refractivity contribution in [2.24, 2.45) is 0 Å². The van der Waals surface area contributed by atoms with Crippen LogP contribution in [0.1, 0.15) is 32.1 Å². The van der Waals surface area contributed by atoms with Crippen LogP contribution >= 0.6 is 0 Å². The number of rotatable bonds is 5. The van der Waals surface area contributed by atoms with Crippen LogP contribution in [0.3, 0.4) is 0 Å². The Kier molecular flexibility index (Phi) is 6.46. The van der Waals surface area contributed by atoms with Crippen LogP contribution in [0.4, 0.5) is 0 Å². The van der Waals surface area contributed by atoms with Crippen molar-refractivity contribution in [2.75, 3.05) is 0 Å². The summed E-state index contributed by atoms with van der Waals surface area (Å²) in [5, 5.41) is 0. The van der Waals surface area contributed by atoms with Crippen LogP contribution in [0.2, 0.25) is 0 Å². The lowest BCUT2D eigenvalue weighted by Crippen LogP contribution is -3.00. The first kappa shape index (κ1) is 16.4. The van der Waals surface area contributed by atoms with E-state index < -0.39 is 0 Å². The SMILES string of the molecule is C=C(C)c1ccc(OC(CC)[n+]2ccccc2)cc1.[Br-]. The predicted molar refractivity (Wildman–Crippen MR) is 77.7 cm³/mol. The first-order chi connectivity index (χ1) is 9.20. The zero-order chi connectivity index (χ0) is 13.7. The van der Waals surface area contributed by atoms with Gasteiger partial charge in [-0.2, -0.15) is 4.57 Å². The van der Waals surface area contributed by atoms with E-state index in [0.29, 0.717) is 0 Å². The van der Waals surface area contributed by atoms with Gasteiger partial charge in [-0.1, -0.05) is 37.3 Å². The average molecular weight is 334 g/mol. The van der Waals surface area contributed by atoms with Gasteiger partial charge in [-0.15, -0.1) is 0 Å². The fourth-order valence-corrected chi connectivity index (χ4v) is 1.93. The molecule has 106 valence electrons. The zero-order valence-corrected chi connectivity index (χ0v) is 13.5. The Balaban J connectivity index is 0.00000200. The van der Waals surface area contributed by atoms with Crippen molar-refractivity contribution in [1.29, 1.82) is 0 Å². The topological polar surface area (TPSA) is 13.1 Å². The van der Waals surface area contributed by atoms with Crippen LogP contribution in [-0.4, -0.2) is 0 Å². The fourth-order valence-electron chi connectivity index (χ4n) is 1.93. The molecule has 2 aromatic rings. The molecule has 3 heteroatoms. The van der Waals surface area contributed by atoms with Gasteiger partial charge in [0, 0.05) is 18.6 Å². The molecule has 0 N–H and O–H groups in total. The maximum atomic E-state index is 6.02. The van der Waals surface area contributed by atoms with Crippen molar-refractivity contribution in [3.63, 3.8) is 0 Å². The third-order valence-corrected chi connectivity index (χ3v) is 3.04. The normalized spacial score (nSPS) is 11.3. The van der Waals surface area contributed by atoms with Gasteiger partial charge in [0.25, 0.3) is 0 Å². The molecule has 2 nitrogen and oxygen atoms in total. The van der Waals surface area contributed by atoms with Gasteiger partial charge < -0.3 is 21.7 Å². The predicted octanol–water partition coefficient (Wildman–Crippen LogP) is 0.999. The van der Waals surface area contributed by atoms with E-state index in [1.165, 1.54) is 0 Å². The zero-order valence-electron chi connectivity index (χ0n) is 11.9. The number of nitrogens with zero attached hydrogens (tertiary/aromatic N) is 1. The molecule has 0 amide bonds. The summed E-state index contributed by atoms with van der Waals surface area (Å²) in [7, 11) is 0. The average Bonchev–Trinajstić information content (AvgIpc) is 2.46. The van der Waals surface area contributed by atoms with Crippen molar-refractivity contribution >= 4 is 5.57 Å². The number of benzene rings is 1. The Labute approximate surface area is 131 Å². The Morgan fingerprint density at radius 1 is 1.15 bits per heavy atom. The molecule has 0 saturated carbocycles. The van der Waals surface area contributed by atoms with Gasteiger partial charge in [0.05, 0.1) is 0 Å². The molecule has 0 aliphatic rings. The smallest absolute Gasteiger partial charge is 0.301 e. The van der Waals surface area contributed by atoms with E-state index in [-0.39, 0.29) is 23.2 Å². The van der Waals surface area contributed by atoms with Gasteiger partial charge in [0.15, 0.2) is 12.4 Å². The van der Waals surface area contributed by atoms with E-state index in [0.717, 1.165) is 23.3 Å². The molecule has 0 radical (unpaired) electrons. The second kappa shape index (κ2) is 7.85. The van der Waals surface area contributed by atoms with Crippen molar-refractivity contribution in [2.45, 2.75) is 26.5 Å². The minimum Gasteiger partial charge on any atom is -1.00 e. The summed E-state index contributed by atoms with van der Waals surface area (Å²) >= 11 is 0. The third-order valence-electron chi connectivity index (χ3n) is 3.04. The number of hydrogen-bond acceptors (Lipinski definition) is 1. The van der Waals surface area contributed by atoms with E-state index in [1.54, 1.807) is 0 Å². The quantitative estimate of drug-likeness (QED) is 0.744. The highest BCUT2D eigenvalue weighted by Gasteiger charge is 2.16. The van der Waals surface area contributed by atoms with Crippen LogP contribution in [0.15, 0.2) is 61.4 Å². The summed E-state index contributed by atoms with van der Waals surface area (Å²) in [5.74, 6) is 0.883. The molecule has 0 spiro atoms. The Morgan fingerprint density at radius 3 is 2.25 bits per heavy atom. The Bertz CT molecular complexity index is 537. The van der Waals surface area contributed by atoms with Crippen LogP contribution in [-0.2, 0) is 0 Å². The number of ether oxygens (including phenoxy) is 1. The van der Waals surface area contributed by atoms with Crippen molar-refractivity contribution in [3.8, 4) is 5.75 Å². The number of halogens is 1. The molecular weight excluding hydrogens is 314 g/mol. The van der Waals surface area contributed by atoms with Gasteiger partial charge in [0.2, 0.25) is 0 Å². The van der Waals surface area contributed by atoms with Crippen molar-refractivity contribution in [3.05, 3.63) is 67.0 Å². The first-order valence-corrected chi connectivity index (χ1v) is 6.59. The summed E-state index contributed by atoms with van der Waals surface area (Å²) in [6.45, 7) is 8.06. The molecule has 0 aliphatic heterocycles. The molecule has 2 rings (SSSR count). The molecular formula is C17H20BrNO. The molecule has 1 aromatic carbocycles. The Morgan fingerprint density at radius 2 is 1.75 bits per heavy atom. The minimum absolute atomic E-state index is 0. The van der Waals surface area contributed by atoms with Gasteiger partial charge in [-0.05, 0) is 24.6 Å². The van der Waals surface area contributed by atoms with E-state index in [9.17, 15) is 0 Å². The number of aromatic nitrogens is 1. The second-order valence-electron chi connectivity index (χ2n) is 4.61. The first-order valence-electron chi connectivity index (χ1n) is 6.59. The Hall–Kier alpha value is -1.61. The highest BCUT2D eigenvalue weighted by molar-refractivity contribution is 5.61. The van der Waals surface area contributed by atoms with Crippen molar-refractivity contribution < 1.29 is 26.3 Å². The minimum atomic E-state index is 0. The number of pyridine rings is 1. The van der Waals surface area contributed by atoms with E-state index >= 15 is 0 Å². The second-order valence-corrected chi connectivity index (χ2v) is 4.61.